The molecule has 1 aromatic carbocycles. The molecular formula is C18H25NO2S2. The number of aromatic nitrogens is 1. The van der Waals surface area contributed by atoms with Gasteiger partial charge in [0.25, 0.3) is 0 Å². The molecule has 1 unspecified atom stereocenters. The lowest BCUT2D eigenvalue weighted by molar-refractivity contribution is -0.145. The highest BCUT2D eigenvalue weighted by atomic mass is 32.1. The molecule has 0 fully saturated rings. The zero-order valence-corrected chi connectivity index (χ0v) is 15.5. The average molecular weight is 352 g/mol. The van der Waals surface area contributed by atoms with E-state index in [2.05, 4.69) is 19.9 Å². The van der Waals surface area contributed by atoms with Gasteiger partial charge in [-0.1, -0.05) is 45.2 Å². The number of carbonyl (C=O) groups is 1. The lowest BCUT2D eigenvalue weighted by atomic mass is 10.0. The Hall–Kier alpha value is -1.20. The van der Waals surface area contributed by atoms with Gasteiger partial charge in [-0.2, -0.15) is 0 Å². The van der Waals surface area contributed by atoms with Gasteiger partial charge in [0.05, 0.1) is 23.2 Å². The Kier molecular flexibility index (Phi) is 7.24. The van der Waals surface area contributed by atoms with Crippen molar-refractivity contribution in [2.75, 3.05) is 6.61 Å². The van der Waals surface area contributed by atoms with Crippen LogP contribution >= 0.6 is 23.6 Å². The molecule has 0 N–H and O–H groups in total. The Morgan fingerprint density at radius 2 is 2.13 bits per heavy atom. The SMILES string of the molecule is CCCCC(CC)COC(=O)CCn1c(=S)sc2ccccc21. The Labute approximate surface area is 147 Å². The van der Waals surface area contributed by atoms with Gasteiger partial charge in [0.2, 0.25) is 0 Å². The van der Waals surface area contributed by atoms with Crippen LogP contribution in [0.1, 0.15) is 46.0 Å². The second-order valence-electron chi connectivity index (χ2n) is 5.84. The summed E-state index contributed by atoms with van der Waals surface area (Å²) in [4.78, 5) is 12.0. The Morgan fingerprint density at radius 1 is 1.35 bits per heavy atom. The third kappa shape index (κ3) is 5.15. The van der Waals surface area contributed by atoms with Gasteiger partial charge in [0, 0.05) is 6.54 Å². The Morgan fingerprint density at radius 3 is 2.87 bits per heavy atom. The molecule has 0 radical (unpaired) electrons. The number of fused-ring (bicyclic) bond motifs is 1. The highest BCUT2D eigenvalue weighted by Gasteiger charge is 2.11. The first-order valence-electron chi connectivity index (χ1n) is 8.39. The number of para-hydroxylation sites is 1. The van der Waals surface area contributed by atoms with Crippen LogP contribution in [-0.4, -0.2) is 17.1 Å². The van der Waals surface area contributed by atoms with Crippen LogP contribution in [0.3, 0.4) is 0 Å². The number of unbranched alkanes of at least 4 members (excludes halogenated alkanes) is 1. The standard InChI is InChI=1S/C18H25NO2S2/c1-3-5-8-14(4-2)13-21-17(20)11-12-19-15-9-6-7-10-16(15)23-18(19)22/h6-7,9-10,14H,3-5,8,11-13H2,1-2H3. The van der Waals surface area contributed by atoms with Crippen LogP contribution in [0.25, 0.3) is 10.2 Å². The predicted molar refractivity (Wildman–Crippen MR) is 99.5 cm³/mol. The number of hydrogen-bond acceptors (Lipinski definition) is 4. The van der Waals surface area contributed by atoms with E-state index in [0.717, 1.165) is 27.0 Å². The molecule has 3 nitrogen and oxygen atoms in total. The minimum atomic E-state index is -0.128. The van der Waals surface area contributed by atoms with E-state index in [0.29, 0.717) is 25.5 Å². The van der Waals surface area contributed by atoms with E-state index in [9.17, 15) is 4.79 Å². The van der Waals surface area contributed by atoms with Crippen molar-refractivity contribution < 1.29 is 9.53 Å². The summed E-state index contributed by atoms with van der Waals surface area (Å²) in [6.07, 6.45) is 4.97. The highest BCUT2D eigenvalue weighted by Crippen LogP contribution is 2.23. The smallest absolute Gasteiger partial charge is 0.307 e. The molecule has 0 bridgehead atoms. The summed E-state index contributed by atoms with van der Waals surface area (Å²) in [5, 5.41) is 0. The quantitative estimate of drug-likeness (QED) is 0.436. The molecule has 1 heterocycles. The number of aryl methyl sites for hydroxylation is 1. The molecule has 2 aromatic rings. The Balaban J connectivity index is 1.86. The number of thiazole rings is 1. The fourth-order valence-electron chi connectivity index (χ4n) is 2.61. The minimum absolute atomic E-state index is 0.128. The van der Waals surface area contributed by atoms with Gasteiger partial charge in [0.1, 0.15) is 0 Å². The molecule has 5 heteroatoms. The van der Waals surface area contributed by atoms with E-state index in [1.54, 1.807) is 11.3 Å². The van der Waals surface area contributed by atoms with Gasteiger partial charge >= 0.3 is 5.97 Å². The maximum absolute atomic E-state index is 12.0. The zero-order valence-electron chi connectivity index (χ0n) is 13.9. The van der Waals surface area contributed by atoms with E-state index in [1.165, 1.54) is 12.8 Å². The summed E-state index contributed by atoms with van der Waals surface area (Å²) in [6, 6.07) is 8.11. The molecule has 0 saturated heterocycles. The maximum atomic E-state index is 12.0. The number of hydrogen-bond donors (Lipinski definition) is 0. The molecular weight excluding hydrogens is 326 g/mol. The van der Waals surface area contributed by atoms with Crippen LogP contribution in [-0.2, 0) is 16.1 Å². The van der Waals surface area contributed by atoms with E-state index < -0.39 is 0 Å². The molecule has 0 amide bonds. The molecule has 2 rings (SSSR count). The molecule has 0 aliphatic carbocycles. The van der Waals surface area contributed by atoms with Crippen molar-refractivity contribution in [1.29, 1.82) is 0 Å². The summed E-state index contributed by atoms with van der Waals surface area (Å²) in [6.45, 7) is 5.48. The number of esters is 1. The van der Waals surface area contributed by atoms with Gasteiger partial charge in [0.15, 0.2) is 3.95 Å². The lowest BCUT2D eigenvalue weighted by Gasteiger charge is -2.14. The van der Waals surface area contributed by atoms with Crippen LogP contribution in [0.5, 0.6) is 0 Å². The second kappa shape index (κ2) is 9.18. The van der Waals surface area contributed by atoms with Crippen molar-refractivity contribution in [2.24, 2.45) is 5.92 Å². The van der Waals surface area contributed by atoms with E-state index >= 15 is 0 Å². The average Bonchev–Trinajstić information content (AvgIpc) is 2.88. The third-order valence-electron chi connectivity index (χ3n) is 4.14. The van der Waals surface area contributed by atoms with Crippen LogP contribution in [0.4, 0.5) is 0 Å². The fraction of sp³-hybridized carbons (Fsp3) is 0.556. The van der Waals surface area contributed by atoms with Crippen molar-refractivity contribution in [3.8, 4) is 0 Å². The summed E-state index contributed by atoms with van der Waals surface area (Å²) >= 11 is 6.99. The zero-order chi connectivity index (χ0) is 16.7. The maximum Gasteiger partial charge on any atom is 0.307 e. The van der Waals surface area contributed by atoms with Gasteiger partial charge < -0.3 is 9.30 Å². The molecule has 23 heavy (non-hydrogen) atoms. The molecule has 0 aliphatic heterocycles. The van der Waals surface area contributed by atoms with Crippen molar-refractivity contribution in [3.63, 3.8) is 0 Å². The Bertz CT molecular complexity index is 690. The van der Waals surface area contributed by atoms with Crippen molar-refractivity contribution in [1.82, 2.24) is 4.57 Å². The first-order chi connectivity index (χ1) is 11.2. The summed E-state index contributed by atoms with van der Waals surface area (Å²) in [7, 11) is 0. The van der Waals surface area contributed by atoms with Crippen LogP contribution in [0.15, 0.2) is 24.3 Å². The van der Waals surface area contributed by atoms with Crippen LogP contribution in [0.2, 0.25) is 0 Å². The van der Waals surface area contributed by atoms with Gasteiger partial charge in [-0.3, -0.25) is 4.79 Å². The summed E-state index contributed by atoms with van der Waals surface area (Å²) in [5.41, 5.74) is 1.10. The molecule has 0 aliphatic rings. The van der Waals surface area contributed by atoms with Crippen molar-refractivity contribution in [2.45, 2.75) is 52.5 Å². The lowest BCUT2D eigenvalue weighted by Crippen LogP contribution is -2.15. The molecule has 0 saturated carbocycles. The minimum Gasteiger partial charge on any atom is -0.465 e. The molecule has 1 aromatic heterocycles. The van der Waals surface area contributed by atoms with Gasteiger partial charge in [-0.15, -0.1) is 11.3 Å². The molecule has 126 valence electrons. The van der Waals surface area contributed by atoms with Crippen LogP contribution in [0, 0.1) is 9.87 Å². The number of ether oxygens (including phenoxy) is 1. The van der Waals surface area contributed by atoms with E-state index in [1.807, 2.05) is 22.8 Å². The van der Waals surface area contributed by atoms with Crippen LogP contribution < -0.4 is 0 Å². The van der Waals surface area contributed by atoms with Crippen molar-refractivity contribution >= 4 is 39.7 Å². The monoisotopic (exact) mass is 351 g/mol. The predicted octanol–water partition coefficient (Wildman–Crippen LogP) is 5.58. The third-order valence-corrected chi connectivity index (χ3v) is 5.57. The number of nitrogens with zero attached hydrogens (tertiary/aromatic N) is 1. The summed E-state index contributed by atoms with van der Waals surface area (Å²) in [5.74, 6) is 0.361. The van der Waals surface area contributed by atoms with E-state index in [-0.39, 0.29) is 5.97 Å². The first kappa shape index (κ1) is 18.1. The number of carbonyl (C=O) groups excluding carboxylic acids is 1. The largest absolute Gasteiger partial charge is 0.465 e. The van der Waals surface area contributed by atoms with Gasteiger partial charge in [-0.05, 0) is 36.7 Å². The van der Waals surface area contributed by atoms with E-state index in [4.69, 9.17) is 17.0 Å². The van der Waals surface area contributed by atoms with Gasteiger partial charge in [-0.25, -0.2) is 0 Å². The molecule has 0 spiro atoms. The first-order valence-corrected chi connectivity index (χ1v) is 9.62. The highest BCUT2D eigenvalue weighted by molar-refractivity contribution is 7.73. The second-order valence-corrected chi connectivity index (χ2v) is 7.51. The summed E-state index contributed by atoms with van der Waals surface area (Å²) < 4.78 is 9.47. The fourth-order valence-corrected chi connectivity index (χ4v) is 3.99. The molecule has 1 atom stereocenters. The number of rotatable bonds is 9. The normalized spacial score (nSPS) is 12.4. The topological polar surface area (TPSA) is 31.2 Å². The number of benzene rings is 1. The van der Waals surface area contributed by atoms with Crippen molar-refractivity contribution in [3.05, 3.63) is 28.2 Å².